The Bertz CT molecular complexity index is 1160. The van der Waals surface area contributed by atoms with Crippen LogP contribution in [0.1, 0.15) is 45.1 Å². The summed E-state index contributed by atoms with van der Waals surface area (Å²) >= 11 is 0. The van der Waals surface area contributed by atoms with Crippen molar-refractivity contribution in [2.24, 2.45) is 0 Å². The minimum atomic E-state index is -0.160. The van der Waals surface area contributed by atoms with E-state index in [1.807, 2.05) is 43.3 Å². The van der Waals surface area contributed by atoms with E-state index in [9.17, 15) is 9.59 Å². The van der Waals surface area contributed by atoms with Gasteiger partial charge in [-0.25, -0.2) is 4.79 Å². The van der Waals surface area contributed by atoms with Gasteiger partial charge in [-0.2, -0.15) is 0 Å². The first-order valence-electron chi connectivity index (χ1n) is 12.3. The van der Waals surface area contributed by atoms with Gasteiger partial charge >= 0.3 is 5.69 Å². The molecule has 1 aliphatic rings. The molecule has 7 heteroatoms. The van der Waals surface area contributed by atoms with Gasteiger partial charge in [0.15, 0.2) is 0 Å². The summed E-state index contributed by atoms with van der Waals surface area (Å²) in [4.78, 5) is 25.8. The number of aryl methyl sites for hydroxylation is 2. The molecule has 2 aromatic carbocycles. The monoisotopic (exact) mass is 465 g/mol. The number of imidazole rings is 1. The number of fused-ring (bicyclic) bond motifs is 1. The molecule has 1 N–H and O–H groups in total. The predicted molar refractivity (Wildman–Crippen MR) is 133 cm³/mol. The number of benzene rings is 2. The minimum absolute atomic E-state index is 0.0453. The van der Waals surface area contributed by atoms with E-state index in [-0.39, 0.29) is 23.4 Å². The normalized spacial score (nSPS) is 15.4. The van der Waals surface area contributed by atoms with Crippen LogP contribution in [0, 0.1) is 0 Å². The summed E-state index contributed by atoms with van der Waals surface area (Å²) in [6.45, 7) is 7.60. The second-order valence-electron chi connectivity index (χ2n) is 8.95. The molecule has 0 saturated carbocycles. The lowest BCUT2D eigenvalue weighted by molar-refractivity contribution is -0.121. The predicted octanol–water partition coefficient (Wildman–Crippen LogP) is 3.87. The van der Waals surface area contributed by atoms with Gasteiger partial charge in [0.2, 0.25) is 5.91 Å². The second kappa shape index (κ2) is 10.9. The number of amides is 1. The van der Waals surface area contributed by atoms with Crippen molar-refractivity contribution in [3.8, 4) is 5.75 Å². The molecule has 34 heavy (non-hydrogen) atoms. The van der Waals surface area contributed by atoms with Crippen LogP contribution in [0.25, 0.3) is 11.0 Å². The van der Waals surface area contributed by atoms with Crippen molar-refractivity contribution in [2.75, 3.05) is 26.4 Å². The highest BCUT2D eigenvalue weighted by atomic mass is 16.5. The molecule has 1 saturated heterocycles. The SMILES string of the molecule is CCCn1c(=O)n(CCC(=O)NCC2(c3ccc(OCC)cc3)CCOCC2)c2ccccc21. The molecule has 182 valence electrons. The van der Waals surface area contributed by atoms with Crippen LogP contribution in [-0.2, 0) is 28.0 Å². The average Bonchev–Trinajstić information content (AvgIpc) is 3.13. The minimum Gasteiger partial charge on any atom is -0.494 e. The largest absolute Gasteiger partial charge is 0.494 e. The summed E-state index contributed by atoms with van der Waals surface area (Å²) in [6, 6.07) is 16.0. The smallest absolute Gasteiger partial charge is 0.329 e. The van der Waals surface area contributed by atoms with Gasteiger partial charge in [0.05, 0.1) is 17.6 Å². The topological polar surface area (TPSA) is 74.5 Å². The van der Waals surface area contributed by atoms with Crippen LogP contribution in [-0.4, -0.2) is 41.4 Å². The van der Waals surface area contributed by atoms with E-state index >= 15 is 0 Å². The van der Waals surface area contributed by atoms with E-state index in [2.05, 4.69) is 24.4 Å². The van der Waals surface area contributed by atoms with E-state index in [1.165, 1.54) is 5.56 Å². The maximum Gasteiger partial charge on any atom is 0.329 e. The fraction of sp³-hybridized carbons (Fsp3) is 0.481. The quantitative estimate of drug-likeness (QED) is 0.493. The number of nitrogens with zero attached hydrogens (tertiary/aromatic N) is 2. The highest BCUT2D eigenvalue weighted by molar-refractivity contribution is 5.78. The number of aromatic nitrogens is 2. The fourth-order valence-electron chi connectivity index (χ4n) is 4.90. The molecule has 0 aliphatic carbocycles. The Hall–Kier alpha value is -3.06. The lowest BCUT2D eigenvalue weighted by Crippen LogP contribution is -2.44. The average molecular weight is 466 g/mol. The van der Waals surface area contributed by atoms with Crippen LogP contribution in [0.4, 0.5) is 0 Å². The Morgan fingerprint density at radius 1 is 1.00 bits per heavy atom. The summed E-state index contributed by atoms with van der Waals surface area (Å²) in [6.07, 6.45) is 2.85. The molecule has 1 amide bonds. The lowest BCUT2D eigenvalue weighted by Gasteiger charge is -2.38. The third-order valence-electron chi connectivity index (χ3n) is 6.79. The first-order chi connectivity index (χ1) is 16.6. The molecule has 1 aliphatic heterocycles. The number of ether oxygens (including phenoxy) is 2. The van der Waals surface area contributed by atoms with Crippen LogP contribution in [0.15, 0.2) is 53.3 Å². The third kappa shape index (κ3) is 5.04. The first-order valence-corrected chi connectivity index (χ1v) is 12.3. The van der Waals surface area contributed by atoms with E-state index < -0.39 is 0 Å². The van der Waals surface area contributed by atoms with Crippen molar-refractivity contribution in [3.63, 3.8) is 0 Å². The maximum atomic E-state index is 13.0. The fourth-order valence-corrected chi connectivity index (χ4v) is 4.90. The van der Waals surface area contributed by atoms with Crippen LogP contribution in [0.2, 0.25) is 0 Å². The molecular formula is C27H35N3O4. The Morgan fingerprint density at radius 2 is 1.65 bits per heavy atom. The van der Waals surface area contributed by atoms with Crippen molar-refractivity contribution in [1.82, 2.24) is 14.5 Å². The number of nitrogens with one attached hydrogen (secondary N) is 1. The highest BCUT2D eigenvalue weighted by Crippen LogP contribution is 2.35. The molecule has 2 heterocycles. The van der Waals surface area contributed by atoms with Gasteiger partial charge in [-0.05, 0) is 56.0 Å². The number of para-hydroxylation sites is 2. The summed E-state index contributed by atoms with van der Waals surface area (Å²) in [7, 11) is 0. The van der Waals surface area contributed by atoms with E-state index in [0.29, 0.717) is 39.5 Å². The number of rotatable bonds is 10. The molecule has 1 aromatic heterocycles. The molecule has 0 spiro atoms. The van der Waals surface area contributed by atoms with Gasteiger partial charge in [0.1, 0.15) is 5.75 Å². The number of carbonyl (C=O) groups excluding carboxylic acids is 1. The van der Waals surface area contributed by atoms with Gasteiger partial charge in [-0.1, -0.05) is 31.2 Å². The van der Waals surface area contributed by atoms with Gasteiger partial charge in [0, 0.05) is 44.7 Å². The van der Waals surface area contributed by atoms with Gasteiger partial charge in [-0.3, -0.25) is 13.9 Å². The molecule has 7 nitrogen and oxygen atoms in total. The molecule has 0 bridgehead atoms. The standard InChI is InChI=1S/C27H35N3O4/c1-3-16-29-23-7-5-6-8-24(23)30(26(29)32)17-13-25(31)28-20-27(14-18-33-19-15-27)21-9-11-22(12-10-21)34-4-2/h5-12H,3-4,13-20H2,1-2H3,(H,28,31). The zero-order valence-electron chi connectivity index (χ0n) is 20.2. The van der Waals surface area contributed by atoms with E-state index in [4.69, 9.17) is 9.47 Å². The molecule has 0 radical (unpaired) electrons. The van der Waals surface area contributed by atoms with Crippen molar-refractivity contribution in [2.45, 2.75) is 58.0 Å². The van der Waals surface area contributed by atoms with Crippen LogP contribution in [0.5, 0.6) is 5.75 Å². The molecule has 0 unspecified atom stereocenters. The number of carbonyl (C=O) groups is 1. The first kappa shape index (κ1) is 24.1. The maximum absolute atomic E-state index is 13.0. The zero-order valence-corrected chi connectivity index (χ0v) is 20.2. The van der Waals surface area contributed by atoms with Crippen molar-refractivity contribution in [3.05, 3.63) is 64.6 Å². The molecule has 3 aromatic rings. The van der Waals surface area contributed by atoms with Gasteiger partial charge < -0.3 is 14.8 Å². The number of hydrogen-bond donors (Lipinski definition) is 1. The van der Waals surface area contributed by atoms with Crippen LogP contribution >= 0.6 is 0 Å². The van der Waals surface area contributed by atoms with E-state index in [1.54, 1.807) is 9.13 Å². The second-order valence-corrected chi connectivity index (χ2v) is 8.95. The summed E-state index contributed by atoms with van der Waals surface area (Å²) < 4.78 is 14.7. The highest BCUT2D eigenvalue weighted by Gasteiger charge is 2.35. The number of hydrogen-bond acceptors (Lipinski definition) is 4. The zero-order chi connectivity index (χ0) is 24.0. The van der Waals surface area contributed by atoms with Crippen LogP contribution < -0.4 is 15.7 Å². The Labute approximate surface area is 200 Å². The van der Waals surface area contributed by atoms with Gasteiger partial charge in [0.25, 0.3) is 0 Å². The van der Waals surface area contributed by atoms with Crippen molar-refractivity contribution in [1.29, 1.82) is 0 Å². The summed E-state index contributed by atoms with van der Waals surface area (Å²) in [5.74, 6) is 0.807. The van der Waals surface area contributed by atoms with Crippen molar-refractivity contribution < 1.29 is 14.3 Å². The summed E-state index contributed by atoms with van der Waals surface area (Å²) in [5, 5.41) is 3.15. The van der Waals surface area contributed by atoms with Gasteiger partial charge in [-0.15, -0.1) is 0 Å². The Kier molecular flexibility index (Phi) is 7.73. The Balaban J connectivity index is 1.44. The lowest BCUT2D eigenvalue weighted by atomic mass is 9.74. The van der Waals surface area contributed by atoms with Crippen molar-refractivity contribution >= 4 is 16.9 Å². The third-order valence-corrected chi connectivity index (χ3v) is 6.79. The molecular weight excluding hydrogens is 430 g/mol. The molecule has 0 atom stereocenters. The Morgan fingerprint density at radius 3 is 2.26 bits per heavy atom. The van der Waals surface area contributed by atoms with E-state index in [0.717, 1.165) is 36.0 Å². The van der Waals surface area contributed by atoms with Crippen LogP contribution in [0.3, 0.4) is 0 Å². The summed E-state index contributed by atoms with van der Waals surface area (Å²) in [5.41, 5.74) is 2.78. The molecule has 4 rings (SSSR count). The molecule has 1 fully saturated rings.